The van der Waals surface area contributed by atoms with Gasteiger partial charge in [0.1, 0.15) is 24.6 Å². The fourth-order valence-corrected chi connectivity index (χ4v) is 5.72. The molecule has 3 saturated heterocycles. The highest BCUT2D eigenvalue weighted by Crippen LogP contribution is 2.32. The zero-order valence-corrected chi connectivity index (χ0v) is 24.8. The lowest BCUT2D eigenvalue weighted by molar-refractivity contribution is -0.143. The van der Waals surface area contributed by atoms with E-state index in [1.807, 2.05) is 30.3 Å². The van der Waals surface area contributed by atoms with Gasteiger partial charge in [0.2, 0.25) is 5.95 Å². The number of aliphatic hydroxyl groups is 1. The van der Waals surface area contributed by atoms with E-state index in [4.69, 9.17) is 9.47 Å². The summed E-state index contributed by atoms with van der Waals surface area (Å²) in [5.41, 5.74) is 1.96. The molecule has 3 fully saturated rings. The van der Waals surface area contributed by atoms with E-state index in [1.165, 1.54) is 24.2 Å². The number of hydrogen-bond acceptors (Lipinski definition) is 11. The van der Waals surface area contributed by atoms with E-state index < -0.39 is 30.1 Å². The first-order valence-corrected chi connectivity index (χ1v) is 14.9. The van der Waals surface area contributed by atoms with Crippen LogP contribution in [0.4, 0.5) is 26.1 Å². The van der Waals surface area contributed by atoms with Crippen LogP contribution in [0.15, 0.2) is 42.7 Å². The molecular weight excluding hydrogens is 586 g/mol. The molecule has 12 nitrogen and oxygen atoms in total. The maximum Gasteiger partial charge on any atom is 0.251 e. The number of carbonyl (C=O) groups excluding carboxylic acids is 1. The van der Waals surface area contributed by atoms with Crippen LogP contribution in [0.1, 0.15) is 18.9 Å². The molecule has 3 atom stereocenters. The molecule has 2 aromatic carbocycles. The van der Waals surface area contributed by atoms with Gasteiger partial charge in [-0.1, -0.05) is 0 Å². The number of nitrogens with zero attached hydrogens (tertiary/aromatic N) is 7. The molecule has 3 aliphatic rings. The number of rotatable bonds is 8. The molecule has 1 amide bonds. The third-order valence-corrected chi connectivity index (χ3v) is 8.35. The van der Waals surface area contributed by atoms with E-state index in [-0.39, 0.29) is 48.2 Å². The van der Waals surface area contributed by atoms with E-state index in [9.17, 15) is 19.6 Å². The minimum absolute atomic E-state index is 0.0715. The van der Waals surface area contributed by atoms with Crippen molar-refractivity contribution in [3.05, 3.63) is 54.1 Å². The number of piperazine rings is 1. The van der Waals surface area contributed by atoms with Crippen molar-refractivity contribution >= 4 is 23.2 Å². The summed E-state index contributed by atoms with van der Waals surface area (Å²) in [5, 5.41) is 22.4. The van der Waals surface area contributed by atoms with Gasteiger partial charge >= 0.3 is 0 Å². The maximum absolute atomic E-state index is 15.3. The van der Waals surface area contributed by atoms with Gasteiger partial charge < -0.3 is 29.7 Å². The van der Waals surface area contributed by atoms with Crippen LogP contribution in [0.2, 0.25) is 0 Å². The Hall–Kier alpha value is -4.45. The number of piperidine rings is 1. The number of aromatic nitrogens is 3. The molecule has 0 radical (unpaired) electrons. The van der Waals surface area contributed by atoms with Crippen LogP contribution in [0.25, 0.3) is 11.4 Å². The second-order valence-electron chi connectivity index (χ2n) is 11.4. The number of aliphatic hydroxyl groups excluding tert-OH is 1. The lowest BCUT2D eigenvalue weighted by Crippen LogP contribution is -2.56. The molecule has 1 unspecified atom stereocenters. The lowest BCUT2D eigenvalue weighted by atomic mass is 10.0. The third-order valence-electron chi connectivity index (χ3n) is 8.35. The summed E-state index contributed by atoms with van der Waals surface area (Å²) in [6, 6.07) is 12.9. The molecule has 0 spiro atoms. The molecule has 2 N–H and O–H groups in total. The average molecular weight is 621 g/mol. The molecular formula is C31H34F2N8O4. The van der Waals surface area contributed by atoms with Crippen molar-refractivity contribution in [2.45, 2.75) is 37.8 Å². The standard InChI is InChI=1S/C31H34F2N8O4/c1-19(42)30(43)41-7-6-27(26(33)15-41)45-28-21(14-34)12-20(13-25(28)32)29-35-18-36-31(38-29)37-22-2-4-23(5-3-22)39-8-10-40(11-9-39)24-16-44-17-24/h2-5,12-13,18-19,24,26-27,42H,6-11,15-17H2,1H3,(H,35,36,37,38)/t19?,26-,27+/m1/s1. The Morgan fingerprint density at radius 2 is 1.91 bits per heavy atom. The van der Waals surface area contributed by atoms with Gasteiger partial charge in [0.05, 0.1) is 31.4 Å². The summed E-state index contributed by atoms with van der Waals surface area (Å²) < 4.78 is 41.1. The molecule has 0 saturated carbocycles. The molecule has 6 rings (SSSR count). The van der Waals surface area contributed by atoms with Gasteiger partial charge in [-0.15, -0.1) is 0 Å². The number of carbonyl (C=O) groups is 1. The number of likely N-dealkylation sites (tertiary alicyclic amines) is 1. The van der Waals surface area contributed by atoms with Gasteiger partial charge in [0.15, 0.2) is 23.6 Å². The summed E-state index contributed by atoms with van der Waals surface area (Å²) in [6.07, 6.45) is -2.59. The van der Waals surface area contributed by atoms with Crippen molar-refractivity contribution in [2.24, 2.45) is 0 Å². The summed E-state index contributed by atoms with van der Waals surface area (Å²) in [5.74, 6) is -1.46. The summed E-state index contributed by atoms with van der Waals surface area (Å²) in [6.45, 7) is 6.70. The van der Waals surface area contributed by atoms with Gasteiger partial charge in [-0.05, 0) is 43.3 Å². The Bertz CT molecular complexity index is 1560. The molecule has 14 heteroatoms. The molecule has 3 aliphatic heterocycles. The predicted molar refractivity (Wildman–Crippen MR) is 160 cm³/mol. The van der Waals surface area contributed by atoms with Crippen molar-refractivity contribution in [3.63, 3.8) is 0 Å². The number of halogens is 2. The van der Waals surface area contributed by atoms with Crippen molar-refractivity contribution in [1.82, 2.24) is 24.8 Å². The number of alkyl halides is 1. The zero-order valence-electron chi connectivity index (χ0n) is 24.8. The van der Waals surface area contributed by atoms with Crippen LogP contribution < -0.4 is 15.0 Å². The van der Waals surface area contributed by atoms with Crippen LogP contribution in [-0.4, -0.2) is 113 Å². The third kappa shape index (κ3) is 6.80. The number of hydrogen-bond donors (Lipinski definition) is 2. The van der Waals surface area contributed by atoms with Gasteiger partial charge in [-0.2, -0.15) is 10.2 Å². The van der Waals surface area contributed by atoms with Gasteiger partial charge in [-0.3, -0.25) is 9.69 Å². The van der Waals surface area contributed by atoms with Crippen molar-refractivity contribution in [3.8, 4) is 23.2 Å². The highest BCUT2D eigenvalue weighted by molar-refractivity contribution is 5.80. The van der Waals surface area contributed by atoms with Gasteiger partial charge in [0, 0.05) is 56.1 Å². The average Bonchev–Trinajstić information content (AvgIpc) is 3.02. The van der Waals surface area contributed by atoms with Crippen molar-refractivity contribution in [2.75, 3.05) is 62.7 Å². The van der Waals surface area contributed by atoms with Crippen LogP contribution in [-0.2, 0) is 9.53 Å². The normalized spacial score (nSPS) is 21.5. The number of nitriles is 1. The highest BCUT2D eigenvalue weighted by atomic mass is 19.1. The monoisotopic (exact) mass is 620 g/mol. The molecule has 0 bridgehead atoms. The fraction of sp³-hybridized carbons (Fsp3) is 0.452. The largest absolute Gasteiger partial charge is 0.483 e. The summed E-state index contributed by atoms with van der Waals surface area (Å²) in [7, 11) is 0. The van der Waals surface area contributed by atoms with Crippen LogP contribution in [0, 0.1) is 17.1 Å². The Morgan fingerprint density at radius 3 is 2.56 bits per heavy atom. The smallest absolute Gasteiger partial charge is 0.251 e. The van der Waals surface area contributed by atoms with Gasteiger partial charge in [-0.25, -0.2) is 18.7 Å². The van der Waals surface area contributed by atoms with Crippen LogP contribution in [0.3, 0.4) is 0 Å². The van der Waals surface area contributed by atoms with E-state index in [0.29, 0.717) is 6.04 Å². The lowest BCUT2D eigenvalue weighted by Gasteiger charge is -2.43. The van der Waals surface area contributed by atoms with E-state index in [2.05, 4.69) is 30.1 Å². The summed E-state index contributed by atoms with van der Waals surface area (Å²) in [4.78, 5) is 30.8. The number of anilines is 3. The van der Waals surface area contributed by atoms with E-state index >= 15 is 4.39 Å². The Labute approximate surface area is 259 Å². The minimum atomic E-state index is -1.63. The predicted octanol–water partition coefficient (Wildman–Crippen LogP) is 2.51. The fourth-order valence-electron chi connectivity index (χ4n) is 5.72. The first kappa shape index (κ1) is 30.6. The molecule has 3 aromatic rings. The van der Waals surface area contributed by atoms with Crippen LogP contribution >= 0.6 is 0 Å². The first-order chi connectivity index (χ1) is 21.8. The zero-order chi connectivity index (χ0) is 31.5. The van der Waals surface area contributed by atoms with Crippen molar-refractivity contribution in [1.29, 1.82) is 5.26 Å². The number of amides is 1. The second kappa shape index (κ2) is 13.3. The molecule has 45 heavy (non-hydrogen) atoms. The maximum atomic E-state index is 15.3. The Morgan fingerprint density at radius 1 is 1.16 bits per heavy atom. The number of ether oxygens (including phenoxy) is 2. The van der Waals surface area contributed by atoms with Crippen molar-refractivity contribution < 1.29 is 28.2 Å². The van der Waals surface area contributed by atoms with E-state index in [0.717, 1.165) is 56.8 Å². The molecule has 236 valence electrons. The topological polar surface area (TPSA) is 140 Å². The van der Waals surface area contributed by atoms with Gasteiger partial charge in [0.25, 0.3) is 5.91 Å². The quantitative estimate of drug-likeness (QED) is 0.384. The number of nitrogens with one attached hydrogen (secondary N) is 1. The number of benzene rings is 2. The SMILES string of the molecule is CC(O)C(=O)N1CC[C@H](Oc2c(F)cc(-c3ncnc(Nc4ccc(N5CCN(C6COC6)CC5)cc4)n3)cc2C#N)[C@H](F)C1. The first-order valence-electron chi connectivity index (χ1n) is 14.9. The Kier molecular flexibility index (Phi) is 9.02. The molecule has 0 aliphatic carbocycles. The van der Waals surface area contributed by atoms with Crippen LogP contribution in [0.5, 0.6) is 5.75 Å². The summed E-state index contributed by atoms with van der Waals surface area (Å²) >= 11 is 0. The molecule has 4 heterocycles. The minimum Gasteiger partial charge on any atom is -0.483 e. The molecule has 1 aromatic heterocycles. The Balaban J connectivity index is 1.10. The second-order valence-corrected chi connectivity index (χ2v) is 11.4. The highest BCUT2D eigenvalue weighted by Gasteiger charge is 2.35. The van der Waals surface area contributed by atoms with E-state index in [1.54, 1.807) is 0 Å².